The SMILES string of the molecule is CC(C)N(C(=O)OC(=C(c1ccccc1)c1ccccc1)c1ccccc1)C(C)C. The van der Waals surface area contributed by atoms with Gasteiger partial charge in [-0.1, -0.05) is 91.0 Å². The largest absolute Gasteiger partial charge is 0.415 e. The van der Waals surface area contributed by atoms with Crippen molar-refractivity contribution in [2.75, 3.05) is 0 Å². The molecule has 0 aliphatic rings. The van der Waals surface area contributed by atoms with Crippen molar-refractivity contribution in [1.82, 2.24) is 4.90 Å². The number of hydrogen-bond acceptors (Lipinski definition) is 2. The molecule has 0 saturated heterocycles. The Labute approximate surface area is 179 Å². The Morgan fingerprint density at radius 2 is 1.00 bits per heavy atom. The molecule has 0 atom stereocenters. The zero-order chi connectivity index (χ0) is 21.5. The quantitative estimate of drug-likeness (QED) is 0.335. The highest BCUT2D eigenvalue weighted by Crippen LogP contribution is 2.33. The molecule has 0 saturated carbocycles. The first-order chi connectivity index (χ1) is 14.5. The zero-order valence-corrected chi connectivity index (χ0v) is 18.1. The van der Waals surface area contributed by atoms with E-state index in [1.807, 2.05) is 119 Å². The Balaban J connectivity index is 2.22. The van der Waals surface area contributed by atoms with E-state index in [9.17, 15) is 4.79 Å². The van der Waals surface area contributed by atoms with Crippen molar-refractivity contribution in [3.63, 3.8) is 0 Å². The maximum Gasteiger partial charge on any atom is 0.415 e. The summed E-state index contributed by atoms with van der Waals surface area (Å²) in [5, 5.41) is 0. The van der Waals surface area contributed by atoms with Crippen LogP contribution in [0.2, 0.25) is 0 Å². The summed E-state index contributed by atoms with van der Waals surface area (Å²) in [5.74, 6) is 0.560. The van der Waals surface area contributed by atoms with E-state index in [1.165, 1.54) is 0 Å². The van der Waals surface area contributed by atoms with E-state index in [0.717, 1.165) is 22.3 Å². The molecule has 30 heavy (non-hydrogen) atoms. The van der Waals surface area contributed by atoms with Gasteiger partial charge in [0.05, 0.1) is 0 Å². The summed E-state index contributed by atoms with van der Waals surface area (Å²) in [6, 6.07) is 30.0. The normalized spacial score (nSPS) is 10.7. The molecular weight excluding hydrogens is 370 g/mol. The number of ether oxygens (including phenoxy) is 1. The van der Waals surface area contributed by atoms with Crippen LogP contribution >= 0.6 is 0 Å². The number of hydrogen-bond donors (Lipinski definition) is 0. The van der Waals surface area contributed by atoms with Crippen LogP contribution in [-0.4, -0.2) is 23.1 Å². The minimum Gasteiger partial charge on any atom is -0.409 e. The highest BCUT2D eigenvalue weighted by molar-refractivity contribution is 5.98. The summed E-state index contributed by atoms with van der Waals surface area (Å²) in [5.41, 5.74) is 3.75. The Kier molecular flexibility index (Phi) is 7.08. The first-order valence-corrected chi connectivity index (χ1v) is 10.4. The monoisotopic (exact) mass is 399 g/mol. The van der Waals surface area contributed by atoms with Crippen molar-refractivity contribution in [2.45, 2.75) is 39.8 Å². The van der Waals surface area contributed by atoms with Crippen molar-refractivity contribution in [1.29, 1.82) is 0 Å². The molecule has 0 spiro atoms. The van der Waals surface area contributed by atoms with Gasteiger partial charge in [0.15, 0.2) is 0 Å². The van der Waals surface area contributed by atoms with Crippen molar-refractivity contribution in [2.24, 2.45) is 0 Å². The summed E-state index contributed by atoms with van der Waals surface area (Å²) < 4.78 is 6.16. The number of carbonyl (C=O) groups is 1. The van der Waals surface area contributed by atoms with Gasteiger partial charge in [-0.15, -0.1) is 0 Å². The van der Waals surface area contributed by atoms with Gasteiger partial charge in [0.1, 0.15) is 5.76 Å². The molecule has 0 aliphatic carbocycles. The number of carbonyl (C=O) groups excluding carboxylic acids is 1. The summed E-state index contributed by atoms with van der Waals surface area (Å²) in [4.78, 5) is 15.0. The van der Waals surface area contributed by atoms with Crippen LogP contribution in [0.15, 0.2) is 91.0 Å². The molecule has 0 aromatic heterocycles. The van der Waals surface area contributed by atoms with Crippen LogP contribution in [0, 0.1) is 0 Å². The van der Waals surface area contributed by atoms with Gasteiger partial charge in [-0.2, -0.15) is 0 Å². The van der Waals surface area contributed by atoms with Crippen LogP contribution < -0.4 is 0 Å². The second-order valence-electron chi connectivity index (χ2n) is 7.76. The van der Waals surface area contributed by atoms with E-state index in [1.54, 1.807) is 4.90 Å². The number of nitrogens with zero attached hydrogens (tertiary/aromatic N) is 1. The fourth-order valence-electron chi connectivity index (χ4n) is 3.64. The zero-order valence-electron chi connectivity index (χ0n) is 18.1. The number of amides is 1. The third-order valence-electron chi connectivity index (χ3n) is 4.90. The second kappa shape index (κ2) is 9.93. The molecule has 0 bridgehead atoms. The maximum absolute atomic E-state index is 13.2. The van der Waals surface area contributed by atoms with E-state index in [4.69, 9.17) is 4.74 Å². The van der Waals surface area contributed by atoms with Gasteiger partial charge in [0.2, 0.25) is 0 Å². The van der Waals surface area contributed by atoms with E-state index in [0.29, 0.717) is 5.76 Å². The van der Waals surface area contributed by atoms with E-state index >= 15 is 0 Å². The molecule has 3 aromatic rings. The lowest BCUT2D eigenvalue weighted by Crippen LogP contribution is -2.42. The summed E-state index contributed by atoms with van der Waals surface area (Å²) in [6.45, 7) is 8.01. The molecule has 0 fully saturated rings. The van der Waals surface area contributed by atoms with Gasteiger partial charge in [0.25, 0.3) is 0 Å². The second-order valence-corrected chi connectivity index (χ2v) is 7.76. The van der Waals surface area contributed by atoms with Gasteiger partial charge >= 0.3 is 6.09 Å². The van der Waals surface area contributed by atoms with Crippen molar-refractivity contribution < 1.29 is 9.53 Å². The van der Waals surface area contributed by atoms with Crippen molar-refractivity contribution >= 4 is 17.4 Å². The Bertz CT molecular complexity index is 928. The molecule has 0 aliphatic heterocycles. The van der Waals surface area contributed by atoms with Crippen LogP contribution in [0.25, 0.3) is 11.3 Å². The smallest absolute Gasteiger partial charge is 0.409 e. The lowest BCUT2D eigenvalue weighted by molar-refractivity contribution is 0.115. The molecule has 0 unspecified atom stereocenters. The van der Waals surface area contributed by atoms with Gasteiger partial charge in [-0.05, 0) is 38.8 Å². The van der Waals surface area contributed by atoms with Crippen molar-refractivity contribution in [3.05, 3.63) is 108 Å². The van der Waals surface area contributed by atoms with E-state index in [2.05, 4.69) is 0 Å². The average Bonchev–Trinajstić information content (AvgIpc) is 2.75. The van der Waals surface area contributed by atoms with Crippen LogP contribution in [0.1, 0.15) is 44.4 Å². The molecule has 3 heteroatoms. The van der Waals surface area contributed by atoms with Crippen LogP contribution in [0.3, 0.4) is 0 Å². The van der Waals surface area contributed by atoms with Gasteiger partial charge in [0, 0.05) is 23.2 Å². The lowest BCUT2D eigenvalue weighted by atomic mass is 9.94. The summed E-state index contributed by atoms with van der Waals surface area (Å²) in [7, 11) is 0. The molecule has 3 nitrogen and oxygen atoms in total. The van der Waals surface area contributed by atoms with Gasteiger partial charge in [-0.3, -0.25) is 0 Å². The third kappa shape index (κ3) is 4.98. The molecule has 1 amide bonds. The molecule has 3 rings (SSSR count). The first-order valence-electron chi connectivity index (χ1n) is 10.4. The summed E-state index contributed by atoms with van der Waals surface area (Å²) in [6.07, 6.45) is -0.344. The molecule has 0 N–H and O–H groups in total. The number of benzene rings is 3. The summed E-state index contributed by atoms with van der Waals surface area (Å²) >= 11 is 0. The third-order valence-corrected chi connectivity index (χ3v) is 4.90. The first kappa shape index (κ1) is 21.4. The Morgan fingerprint density at radius 3 is 1.37 bits per heavy atom. The average molecular weight is 400 g/mol. The van der Waals surface area contributed by atoms with Crippen LogP contribution in [0.5, 0.6) is 0 Å². The number of rotatable bonds is 6. The molecule has 0 heterocycles. The van der Waals surface area contributed by atoms with Crippen LogP contribution in [0.4, 0.5) is 4.79 Å². The minimum absolute atomic E-state index is 0.0337. The lowest BCUT2D eigenvalue weighted by Gasteiger charge is -2.30. The Morgan fingerprint density at radius 1 is 0.633 bits per heavy atom. The highest BCUT2D eigenvalue weighted by Gasteiger charge is 2.25. The molecule has 0 radical (unpaired) electrons. The predicted molar refractivity (Wildman–Crippen MR) is 124 cm³/mol. The predicted octanol–water partition coefficient (Wildman–Crippen LogP) is 6.86. The topological polar surface area (TPSA) is 29.5 Å². The minimum atomic E-state index is -0.344. The standard InChI is InChI=1S/C27H29NO2/c1-20(2)28(21(3)4)27(29)30-26(24-18-12-7-13-19-24)25(22-14-8-5-9-15-22)23-16-10-6-11-17-23/h5-21H,1-4H3. The highest BCUT2D eigenvalue weighted by atomic mass is 16.6. The molecular formula is C27H29NO2. The van der Waals surface area contributed by atoms with Gasteiger partial charge in [-0.25, -0.2) is 4.79 Å². The fourth-order valence-corrected chi connectivity index (χ4v) is 3.64. The Hall–Kier alpha value is -3.33. The van der Waals surface area contributed by atoms with E-state index < -0.39 is 0 Å². The van der Waals surface area contributed by atoms with E-state index in [-0.39, 0.29) is 18.2 Å². The van der Waals surface area contributed by atoms with Crippen molar-refractivity contribution in [3.8, 4) is 0 Å². The maximum atomic E-state index is 13.2. The fraction of sp³-hybridized carbons (Fsp3) is 0.222. The molecule has 154 valence electrons. The van der Waals surface area contributed by atoms with Gasteiger partial charge < -0.3 is 9.64 Å². The molecule has 3 aromatic carbocycles. The van der Waals surface area contributed by atoms with Crippen LogP contribution in [-0.2, 0) is 4.74 Å².